The number of rotatable bonds is 6. The first-order chi connectivity index (χ1) is 8.76. The third-order valence-electron chi connectivity index (χ3n) is 2.57. The van der Waals surface area contributed by atoms with Crippen molar-refractivity contribution in [1.29, 1.82) is 0 Å². The van der Waals surface area contributed by atoms with Crippen LogP contribution in [-0.2, 0) is 10.0 Å². The molecular formula is C12H20N2O4S. The molecule has 2 atom stereocenters. The van der Waals surface area contributed by atoms with Crippen LogP contribution in [0.3, 0.4) is 0 Å². The van der Waals surface area contributed by atoms with Gasteiger partial charge in [-0.25, -0.2) is 13.1 Å². The largest absolute Gasteiger partial charge is 0.495 e. The molecule has 0 radical (unpaired) electrons. The number of nitrogens with two attached hydrogens (primary N) is 1. The Morgan fingerprint density at radius 2 is 2.05 bits per heavy atom. The van der Waals surface area contributed by atoms with Crippen LogP contribution < -0.4 is 15.2 Å². The van der Waals surface area contributed by atoms with E-state index in [9.17, 15) is 13.5 Å². The molecule has 6 nitrogen and oxygen atoms in total. The fourth-order valence-electron chi connectivity index (χ4n) is 1.75. The molecule has 7 heteroatoms. The lowest BCUT2D eigenvalue weighted by Gasteiger charge is -2.16. The van der Waals surface area contributed by atoms with Gasteiger partial charge >= 0.3 is 0 Å². The van der Waals surface area contributed by atoms with Gasteiger partial charge in [0, 0.05) is 12.1 Å². The summed E-state index contributed by atoms with van der Waals surface area (Å²) >= 11 is 0. The van der Waals surface area contributed by atoms with Crippen molar-refractivity contribution in [2.24, 2.45) is 0 Å². The molecule has 0 aliphatic carbocycles. The van der Waals surface area contributed by atoms with Gasteiger partial charge in [-0.3, -0.25) is 0 Å². The highest BCUT2D eigenvalue weighted by atomic mass is 32.2. The summed E-state index contributed by atoms with van der Waals surface area (Å²) in [7, 11) is -2.23. The lowest BCUT2D eigenvalue weighted by atomic mass is 10.2. The summed E-state index contributed by atoms with van der Waals surface area (Å²) < 4.78 is 31.7. The second-order valence-electron chi connectivity index (χ2n) is 4.51. The molecule has 0 amide bonds. The molecule has 0 bridgehead atoms. The molecule has 0 aliphatic heterocycles. The highest BCUT2D eigenvalue weighted by molar-refractivity contribution is 7.89. The Kier molecular flexibility index (Phi) is 5.16. The quantitative estimate of drug-likeness (QED) is 0.669. The molecule has 0 saturated carbocycles. The summed E-state index contributed by atoms with van der Waals surface area (Å²) in [5.41, 5.74) is 6.01. The molecular weight excluding hydrogens is 268 g/mol. The van der Waals surface area contributed by atoms with Crippen molar-refractivity contribution in [3.05, 3.63) is 18.2 Å². The van der Waals surface area contributed by atoms with E-state index in [1.165, 1.54) is 25.3 Å². The van der Waals surface area contributed by atoms with Crippen LogP contribution in [-0.4, -0.2) is 32.8 Å². The van der Waals surface area contributed by atoms with Gasteiger partial charge in [-0.15, -0.1) is 0 Å². The first-order valence-electron chi connectivity index (χ1n) is 5.90. The lowest BCUT2D eigenvalue weighted by Crippen LogP contribution is -2.34. The van der Waals surface area contributed by atoms with E-state index in [4.69, 9.17) is 10.5 Å². The number of anilines is 1. The van der Waals surface area contributed by atoms with Gasteiger partial charge in [0.25, 0.3) is 0 Å². The van der Waals surface area contributed by atoms with Crippen LogP contribution in [0.5, 0.6) is 5.75 Å². The average Bonchev–Trinajstić information content (AvgIpc) is 2.27. The number of hydrogen-bond acceptors (Lipinski definition) is 5. The molecule has 2 unspecified atom stereocenters. The number of nitrogens with one attached hydrogen (secondary N) is 1. The molecule has 0 saturated heterocycles. The van der Waals surface area contributed by atoms with Gasteiger partial charge in [0.15, 0.2) is 0 Å². The Hall–Kier alpha value is -1.31. The predicted octanol–water partition coefficient (Wildman–Crippen LogP) is 0.715. The average molecular weight is 288 g/mol. The molecule has 0 aromatic heterocycles. The van der Waals surface area contributed by atoms with Gasteiger partial charge in [-0.05, 0) is 32.4 Å². The number of methoxy groups -OCH3 is 1. The Morgan fingerprint density at radius 3 is 2.58 bits per heavy atom. The minimum Gasteiger partial charge on any atom is -0.495 e. The van der Waals surface area contributed by atoms with Gasteiger partial charge in [-0.1, -0.05) is 0 Å². The summed E-state index contributed by atoms with van der Waals surface area (Å²) in [6, 6.07) is 3.89. The van der Waals surface area contributed by atoms with E-state index < -0.39 is 16.1 Å². The predicted molar refractivity (Wildman–Crippen MR) is 73.5 cm³/mol. The monoisotopic (exact) mass is 288 g/mol. The fourth-order valence-corrected chi connectivity index (χ4v) is 3.02. The van der Waals surface area contributed by atoms with Crippen LogP contribution in [0.1, 0.15) is 20.3 Å². The summed E-state index contributed by atoms with van der Waals surface area (Å²) in [6.45, 7) is 3.30. The zero-order valence-corrected chi connectivity index (χ0v) is 12.1. The maximum atomic E-state index is 12.1. The number of hydrogen-bond donors (Lipinski definition) is 3. The smallest absolute Gasteiger partial charge is 0.240 e. The van der Waals surface area contributed by atoms with Crippen molar-refractivity contribution in [2.75, 3.05) is 12.8 Å². The van der Waals surface area contributed by atoms with Crippen LogP contribution in [0.25, 0.3) is 0 Å². The first kappa shape index (κ1) is 15.7. The van der Waals surface area contributed by atoms with Crippen molar-refractivity contribution in [3.63, 3.8) is 0 Å². The number of aliphatic hydroxyl groups is 1. The van der Waals surface area contributed by atoms with Crippen LogP contribution in [0.2, 0.25) is 0 Å². The van der Waals surface area contributed by atoms with Crippen molar-refractivity contribution < 1.29 is 18.3 Å². The van der Waals surface area contributed by atoms with E-state index in [1.807, 2.05) is 0 Å². The lowest BCUT2D eigenvalue weighted by molar-refractivity contribution is 0.175. The Bertz CT molecular complexity index is 529. The third-order valence-corrected chi connectivity index (χ3v) is 4.15. The normalized spacial score (nSPS) is 14.9. The number of ether oxygens (including phenoxy) is 1. The van der Waals surface area contributed by atoms with Crippen molar-refractivity contribution in [3.8, 4) is 5.75 Å². The molecule has 0 aliphatic rings. The van der Waals surface area contributed by atoms with E-state index in [0.29, 0.717) is 17.9 Å². The molecule has 19 heavy (non-hydrogen) atoms. The van der Waals surface area contributed by atoms with Crippen molar-refractivity contribution in [1.82, 2.24) is 4.72 Å². The van der Waals surface area contributed by atoms with E-state index >= 15 is 0 Å². The van der Waals surface area contributed by atoms with Gasteiger partial charge in [0.05, 0.1) is 23.8 Å². The number of sulfonamides is 1. The van der Waals surface area contributed by atoms with Crippen LogP contribution in [0.4, 0.5) is 5.69 Å². The maximum Gasteiger partial charge on any atom is 0.240 e. The Balaban J connectivity index is 2.94. The van der Waals surface area contributed by atoms with E-state index in [-0.39, 0.29) is 10.9 Å². The zero-order valence-electron chi connectivity index (χ0n) is 11.3. The zero-order chi connectivity index (χ0) is 14.6. The minimum absolute atomic E-state index is 0.0796. The first-order valence-corrected chi connectivity index (χ1v) is 7.38. The number of nitrogen functional groups attached to an aromatic ring is 1. The molecule has 1 aromatic carbocycles. The van der Waals surface area contributed by atoms with Crippen molar-refractivity contribution in [2.45, 2.75) is 37.3 Å². The van der Waals surface area contributed by atoms with E-state index in [2.05, 4.69) is 4.72 Å². The second kappa shape index (κ2) is 6.23. The molecule has 1 aromatic rings. The van der Waals surface area contributed by atoms with Crippen LogP contribution >= 0.6 is 0 Å². The molecule has 0 heterocycles. The second-order valence-corrected chi connectivity index (χ2v) is 6.22. The van der Waals surface area contributed by atoms with Crippen molar-refractivity contribution >= 4 is 15.7 Å². The van der Waals surface area contributed by atoms with Gasteiger partial charge < -0.3 is 15.6 Å². The van der Waals surface area contributed by atoms with Gasteiger partial charge in [0.2, 0.25) is 10.0 Å². The summed E-state index contributed by atoms with van der Waals surface area (Å²) in [5.74, 6) is 0.311. The number of benzene rings is 1. The molecule has 108 valence electrons. The fraction of sp³-hybridized carbons (Fsp3) is 0.500. The van der Waals surface area contributed by atoms with E-state index in [0.717, 1.165) is 0 Å². The minimum atomic E-state index is -3.65. The summed E-state index contributed by atoms with van der Waals surface area (Å²) in [4.78, 5) is 0.0796. The summed E-state index contributed by atoms with van der Waals surface area (Å²) in [5, 5.41) is 9.24. The molecule has 1 rings (SSSR count). The Labute approximate surface area is 113 Å². The summed E-state index contributed by atoms with van der Waals surface area (Å²) in [6.07, 6.45) is -0.232. The van der Waals surface area contributed by atoms with E-state index in [1.54, 1.807) is 13.8 Å². The topological polar surface area (TPSA) is 102 Å². The highest BCUT2D eigenvalue weighted by Gasteiger charge is 2.19. The maximum absolute atomic E-state index is 12.1. The SMILES string of the molecule is COc1cc(S(=O)(=O)NC(C)CC(C)O)ccc1N. The van der Waals surface area contributed by atoms with Crippen LogP contribution in [0, 0.1) is 0 Å². The molecule has 0 spiro atoms. The van der Waals surface area contributed by atoms with Gasteiger partial charge in [-0.2, -0.15) is 0 Å². The van der Waals surface area contributed by atoms with Gasteiger partial charge in [0.1, 0.15) is 5.75 Å². The molecule has 4 N–H and O–H groups in total. The highest BCUT2D eigenvalue weighted by Crippen LogP contribution is 2.24. The standard InChI is InChI=1S/C12H20N2O4S/c1-8(6-9(2)15)14-19(16,17)10-4-5-11(13)12(7-10)18-3/h4-5,7-9,14-15H,6,13H2,1-3H3. The number of aliphatic hydroxyl groups excluding tert-OH is 1. The molecule has 0 fully saturated rings. The third kappa shape index (κ3) is 4.38. The Morgan fingerprint density at radius 1 is 1.42 bits per heavy atom. The van der Waals surface area contributed by atoms with Crippen LogP contribution in [0.15, 0.2) is 23.1 Å².